The van der Waals surface area contributed by atoms with Crippen LogP contribution in [0.3, 0.4) is 0 Å². The molecule has 0 aliphatic carbocycles. The van der Waals surface area contributed by atoms with Gasteiger partial charge >= 0.3 is 0 Å². The fourth-order valence-corrected chi connectivity index (χ4v) is 3.84. The Morgan fingerprint density at radius 3 is 2.50 bits per heavy atom. The monoisotopic (exact) mass is 372 g/mol. The topological polar surface area (TPSA) is 33.1 Å². The Bertz CT molecular complexity index is 1060. The van der Waals surface area contributed by atoms with Crippen LogP contribution in [0.5, 0.6) is 0 Å². The van der Waals surface area contributed by atoms with Crippen molar-refractivity contribution in [3.05, 3.63) is 72.3 Å². The Labute approximate surface area is 166 Å². The van der Waals surface area contributed by atoms with Crippen molar-refractivity contribution in [3.63, 3.8) is 0 Å². The second-order valence-electron chi connectivity index (χ2n) is 7.09. The molecular weight excluding hydrogens is 344 g/mol. The smallest absolute Gasteiger partial charge is 0.204 e. The fourth-order valence-electron chi connectivity index (χ4n) is 3.84. The summed E-state index contributed by atoms with van der Waals surface area (Å²) in [6, 6.07) is 23.4. The highest BCUT2D eigenvalue weighted by Gasteiger charge is 2.12. The lowest BCUT2D eigenvalue weighted by molar-refractivity contribution is 0.292. The molecule has 28 heavy (non-hydrogen) atoms. The second-order valence-corrected chi connectivity index (χ2v) is 7.09. The number of anilines is 1. The molecule has 0 bridgehead atoms. The lowest BCUT2D eigenvalue weighted by Gasteiger charge is -2.19. The van der Waals surface area contributed by atoms with Crippen LogP contribution in [0.15, 0.2) is 66.7 Å². The molecule has 1 N–H and O–H groups in total. The average Bonchev–Trinajstić information content (AvgIpc) is 3.10. The summed E-state index contributed by atoms with van der Waals surface area (Å²) in [6.07, 6.45) is 0. The van der Waals surface area contributed by atoms with E-state index in [1.807, 2.05) is 0 Å². The number of para-hydroxylation sites is 2. The molecule has 0 atom stereocenters. The normalized spacial score (nSPS) is 11.5. The summed E-state index contributed by atoms with van der Waals surface area (Å²) in [5.41, 5.74) is 3.53. The van der Waals surface area contributed by atoms with Crippen LogP contribution in [0.4, 0.5) is 5.95 Å². The molecule has 0 fully saturated rings. The number of nitrogens with zero attached hydrogens (tertiary/aromatic N) is 3. The van der Waals surface area contributed by atoms with Crippen molar-refractivity contribution in [2.24, 2.45) is 0 Å². The van der Waals surface area contributed by atoms with Gasteiger partial charge in [0.05, 0.1) is 11.0 Å². The van der Waals surface area contributed by atoms with Gasteiger partial charge < -0.3 is 14.8 Å². The lowest BCUT2D eigenvalue weighted by atomic mass is 10.0. The molecule has 3 aromatic carbocycles. The minimum Gasteiger partial charge on any atom is -0.352 e. The fraction of sp³-hybridized carbons (Fsp3) is 0.292. The van der Waals surface area contributed by atoms with E-state index in [0.717, 1.165) is 44.2 Å². The highest BCUT2D eigenvalue weighted by Crippen LogP contribution is 2.22. The number of likely N-dealkylation sites (N-methyl/N-ethyl adjacent to an activating group) is 1. The Morgan fingerprint density at radius 1 is 0.893 bits per heavy atom. The number of aromatic nitrogens is 2. The van der Waals surface area contributed by atoms with Crippen LogP contribution in [-0.2, 0) is 13.1 Å². The Morgan fingerprint density at radius 2 is 1.64 bits per heavy atom. The third-order valence-electron chi connectivity index (χ3n) is 5.51. The van der Waals surface area contributed by atoms with Crippen molar-refractivity contribution >= 4 is 27.8 Å². The molecule has 4 nitrogen and oxygen atoms in total. The maximum atomic E-state index is 4.87. The third kappa shape index (κ3) is 3.73. The van der Waals surface area contributed by atoms with Crippen molar-refractivity contribution in [3.8, 4) is 0 Å². The number of hydrogen-bond acceptors (Lipinski definition) is 3. The van der Waals surface area contributed by atoms with E-state index in [9.17, 15) is 0 Å². The molecule has 144 valence electrons. The van der Waals surface area contributed by atoms with E-state index in [4.69, 9.17) is 4.98 Å². The van der Waals surface area contributed by atoms with Gasteiger partial charge in [0.15, 0.2) is 0 Å². The summed E-state index contributed by atoms with van der Waals surface area (Å²) in [7, 11) is 0. The Hall–Kier alpha value is -2.85. The van der Waals surface area contributed by atoms with E-state index >= 15 is 0 Å². The summed E-state index contributed by atoms with van der Waals surface area (Å²) >= 11 is 0. The molecule has 0 aliphatic rings. The molecule has 4 aromatic rings. The summed E-state index contributed by atoms with van der Waals surface area (Å²) in [6.45, 7) is 9.29. The summed E-state index contributed by atoms with van der Waals surface area (Å²) in [5.74, 6) is 0.946. The minimum atomic E-state index is 0.760. The molecule has 0 radical (unpaired) electrons. The minimum absolute atomic E-state index is 0.760. The van der Waals surface area contributed by atoms with Crippen LogP contribution in [0.1, 0.15) is 19.4 Å². The molecule has 0 saturated heterocycles. The number of imidazole rings is 1. The first-order valence-corrected chi connectivity index (χ1v) is 10.2. The van der Waals surface area contributed by atoms with E-state index in [1.54, 1.807) is 0 Å². The van der Waals surface area contributed by atoms with E-state index in [-0.39, 0.29) is 0 Å². The zero-order valence-electron chi connectivity index (χ0n) is 16.7. The van der Waals surface area contributed by atoms with Crippen LogP contribution in [0.2, 0.25) is 0 Å². The first-order chi connectivity index (χ1) is 13.8. The van der Waals surface area contributed by atoms with Crippen molar-refractivity contribution in [2.75, 3.05) is 25.0 Å². The second kappa shape index (κ2) is 8.44. The van der Waals surface area contributed by atoms with Crippen LogP contribution >= 0.6 is 0 Å². The largest absolute Gasteiger partial charge is 0.352 e. The molecule has 0 amide bonds. The maximum Gasteiger partial charge on any atom is 0.204 e. The highest BCUT2D eigenvalue weighted by molar-refractivity contribution is 5.86. The van der Waals surface area contributed by atoms with Gasteiger partial charge in [-0.2, -0.15) is 0 Å². The quantitative estimate of drug-likeness (QED) is 0.465. The zero-order chi connectivity index (χ0) is 19.3. The van der Waals surface area contributed by atoms with Gasteiger partial charge in [-0.3, -0.25) is 0 Å². The van der Waals surface area contributed by atoms with Crippen LogP contribution in [0, 0.1) is 0 Å². The molecule has 1 aromatic heterocycles. The number of nitrogens with one attached hydrogen (secondary N) is 1. The number of fused-ring (bicyclic) bond motifs is 2. The highest BCUT2D eigenvalue weighted by atomic mass is 15.2. The van der Waals surface area contributed by atoms with Gasteiger partial charge in [-0.15, -0.1) is 0 Å². The van der Waals surface area contributed by atoms with Crippen molar-refractivity contribution < 1.29 is 0 Å². The van der Waals surface area contributed by atoms with Gasteiger partial charge in [0.1, 0.15) is 0 Å². The van der Waals surface area contributed by atoms with E-state index in [2.05, 4.69) is 95.4 Å². The average molecular weight is 373 g/mol. The van der Waals surface area contributed by atoms with Crippen LogP contribution < -0.4 is 5.32 Å². The molecule has 4 heteroatoms. The van der Waals surface area contributed by atoms with E-state index in [0.29, 0.717) is 0 Å². The van der Waals surface area contributed by atoms with Gasteiger partial charge in [0.25, 0.3) is 0 Å². The predicted octanol–water partition coefficient (Wildman–Crippen LogP) is 5.14. The third-order valence-corrected chi connectivity index (χ3v) is 5.51. The molecule has 4 rings (SSSR count). The van der Waals surface area contributed by atoms with E-state index in [1.165, 1.54) is 21.9 Å². The van der Waals surface area contributed by atoms with Crippen LogP contribution in [-0.4, -0.2) is 34.1 Å². The molecule has 0 unspecified atom stereocenters. The summed E-state index contributed by atoms with van der Waals surface area (Å²) in [4.78, 5) is 7.32. The molecular formula is C24H28N4. The Balaban J connectivity index is 1.61. The van der Waals surface area contributed by atoms with Gasteiger partial charge in [-0.05, 0) is 41.6 Å². The van der Waals surface area contributed by atoms with E-state index < -0.39 is 0 Å². The van der Waals surface area contributed by atoms with Gasteiger partial charge in [0.2, 0.25) is 5.95 Å². The van der Waals surface area contributed by atoms with Crippen molar-refractivity contribution in [1.29, 1.82) is 0 Å². The SMILES string of the molecule is CCN(CC)CCn1c(NCc2cccc3ccccc23)nc2ccccc21. The van der Waals surface area contributed by atoms with Crippen LogP contribution in [0.25, 0.3) is 21.8 Å². The zero-order valence-corrected chi connectivity index (χ0v) is 16.7. The summed E-state index contributed by atoms with van der Waals surface area (Å²) in [5, 5.41) is 6.17. The first kappa shape index (κ1) is 18.5. The summed E-state index contributed by atoms with van der Waals surface area (Å²) < 4.78 is 2.32. The molecule has 0 saturated carbocycles. The molecule has 0 spiro atoms. The lowest BCUT2D eigenvalue weighted by Crippen LogP contribution is -2.27. The standard InChI is InChI=1S/C24H28N4/c1-3-27(4-2)16-17-28-23-15-8-7-14-22(23)26-24(28)25-18-20-12-9-11-19-10-5-6-13-21(19)20/h5-15H,3-4,16-18H2,1-2H3,(H,25,26). The van der Waals surface area contributed by atoms with Gasteiger partial charge in [0, 0.05) is 19.6 Å². The number of benzene rings is 3. The first-order valence-electron chi connectivity index (χ1n) is 10.2. The molecule has 0 aliphatic heterocycles. The maximum absolute atomic E-state index is 4.87. The molecule has 1 heterocycles. The predicted molar refractivity (Wildman–Crippen MR) is 119 cm³/mol. The van der Waals surface area contributed by atoms with Gasteiger partial charge in [-0.25, -0.2) is 4.98 Å². The van der Waals surface area contributed by atoms with Crippen molar-refractivity contribution in [1.82, 2.24) is 14.5 Å². The number of hydrogen-bond donors (Lipinski definition) is 1. The number of rotatable bonds is 8. The van der Waals surface area contributed by atoms with Crippen molar-refractivity contribution in [2.45, 2.75) is 26.9 Å². The van der Waals surface area contributed by atoms with Gasteiger partial charge in [-0.1, -0.05) is 68.4 Å². The Kier molecular flexibility index (Phi) is 5.58.